The molecule has 6 heteroatoms. The summed E-state index contributed by atoms with van der Waals surface area (Å²) in [5.41, 5.74) is 1.78. The van der Waals surface area contributed by atoms with Gasteiger partial charge in [-0.2, -0.15) is 0 Å². The van der Waals surface area contributed by atoms with Crippen LogP contribution in [0.15, 0.2) is 11.7 Å². The number of nitrogens with one attached hydrogen (secondary N) is 1. The molecule has 0 aliphatic carbocycles. The third-order valence-corrected chi connectivity index (χ3v) is 5.51. The number of carbonyl (C=O) groups excluding carboxylic acids is 1. The molecule has 0 saturated carbocycles. The van der Waals surface area contributed by atoms with E-state index in [1.54, 1.807) is 11.7 Å². The number of thiazole rings is 1. The molecule has 122 valence electrons. The van der Waals surface area contributed by atoms with Gasteiger partial charge in [0.1, 0.15) is 5.00 Å². The summed E-state index contributed by atoms with van der Waals surface area (Å²) in [5, 5.41) is 4.12. The van der Waals surface area contributed by atoms with Gasteiger partial charge in [-0.1, -0.05) is 6.42 Å². The number of piperidine rings is 2. The summed E-state index contributed by atoms with van der Waals surface area (Å²) >= 11 is 1.53. The van der Waals surface area contributed by atoms with E-state index in [0.717, 1.165) is 36.9 Å². The van der Waals surface area contributed by atoms with Crippen LogP contribution in [-0.4, -0.2) is 60.0 Å². The maximum Gasteiger partial charge on any atom is 0.241 e. The second-order valence-corrected chi connectivity index (χ2v) is 7.29. The average molecular weight is 322 g/mol. The quantitative estimate of drug-likeness (QED) is 0.903. The maximum atomic E-state index is 12.2. The number of likely N-dealkylation sites (tertiary alicyclic amines) is 2. The normalized spacial score (nSPS) is 21.0. The molecule has 3 rings (SSSR count). The van der Waals surface area contributed by atoms with E-state index >= 15 is 0 Å². The molecule has 1 aromatic rings. The largest absolute Gasteiger partial charge is 0.367 e. The molecule has 0 bridgehead atoms. The molecule has 0 spiro atoms. The van der Waals surface area contributed by atoms with Crippen LogP contribution < -0.4 is 5.32 Å². The highest BCUT2D eigenvalue weighted by Crippen LogP contribution is 2.21. The van der Waals surface area contributed by atoms with Gasteiger partial charge >= 0.3 is 0 Å². The lowest BCUT2D eigenvalue weighted by Gasteiger charge is -2.36. The summed E-state index contributed by atoms with van der Waals surface area (Å²) in [6.07, 6.45) is 8.20. The predicted molar refractivity (Wildman–Crippen MR) is 90.2 cm³/mol. The van der Waals surface area contributed by atoms with E-state index in [1.165, 1.54) is 50.2 Å². The Labute approximate surface area is 136 Å². The summed E-state index contributed by atoms with van der Waals surface area (Å²) in [5.74, 6) is 0.987. The molecule has 1 N–H and O–H groups in total. The average Bonchev–Trinajstić information content (AvgIpc) is 3.08. The molecule has 5 nitrogen and oxygen atoms in total. The molecule has 1 amide bonds. The van der Waals surface area contributed by atoms with Gasteiger partial charge in [0.25, 0.3) is 0 Å². The highest BCUT2D eigenvalue weighted by atomic mass is 32.1. The number of hydrogen-bond acceptors (Lipinski definition) is 5. The number of carbonyl (C=O) groups is 1. The van der Waals surface area contributed by atoms with Gasteiger partial charge in [-0.15, -0.1) is 11.3 Å². The molecule has 0 atom stereocenters. The first kappa shape index (κ1) is 15.7. The Hall–Kier alpha value is -1.14. The van der Waals surface area contributed by atoms with Crippen molar-refractivity contribution in [3.8, 4) is 0 Å². The molecule has 2 aliphatic heterocycles. The van der Waals surface area contributed by atoms with Gasteiger partial charge in [0, 0.05) is 19.6 Å². The maximum absolute atomic E-state index is 12.2. The smallest absolute Gasteiger partial charge is 0.241 e. The molecule has 2 aliphatic rings. The molecular weight excluding hydrogens is 296 g/mol. The van der Waals surface area contributed by atoms with Crippen LogP contribution >= 0.6 is 11.3 Å². The number of nitrogens with zero attached hydrogens (tertiary/aromatic N) is 3. The summed E-state index contributed by atoms with van der Waals surface area (Å²) in [4.78, 5) is 20.9. The van der Waals surface area contributed by atoms with E-state index in [4.69, 9.17) is 0 Å². The molecule has 22 heavy (non-hydrogen) atoms. The third kappa shape index (κ3) is 4.43. The molecule has 2 fully saturated rings. The highest BCUT2D eigenvalue weighted by Gasteiger charge is 2.24. The lowest BCUT2D eigenvalue weighted by atomic mass is 9.95. The van der Waals surface area contributed by atoms with Crippen molar-refractivity contribution in [2.75, 3.05) is 44.6 Å². The molecular formula is C16H26N4OS. The van der Waals surface area contributed by atoms with Gasteiger partial charge in [0.05, 0.1) is 18.3 Å². The number of aromatic nitrogens is 1. The minimum absolute atomic E-state index is 0.213. The van der Waals surface area contributed by atoms with Crippen LogP contribution in [0, 0.1) is 5.92 Å². The molecule has 0 unspecified atom stereocenters. The van der Waals surface area contributed by atoms with Gasteiger partial charge in [0.15, 0.2) is 0 Å². The Kier molecular flexibility index (Phi) is 5.67. The number of hydrogen-bond donors (Lipinski definition) is 1. The molecule has 1 aromatic heterocycles. The zero-order valence-electron chi connectivity index (χ0n) is 13.2. The van der Waals surface area contributed by atoms with Gasteiger partial charge in [-0.25, -0.2) is 0 Å². The van der Waals surface area contributed by atoms with Crippen molar-refractivity contribution in [2.24, 2.45) is 5.92 Å². The topological polar surface area (TPSA) is 48.5 Å². The standard InChI is InChI=1S/C16H26N4OS/c21-16(11-18-15-10-17-13-22-15)20-8-4-14(5-9-20)12-19-6-2-1-3-7-19/h10,13-14,18H,1-9,11-12H2. The Morgan fingerprint density at radius 3 is 2.68 bits per heavy atom. The van der Waals surface area contributed by atoms with Crippen LogP contribution in [0.3, 0.4) is 0 Å². The van der Waals surface area contributed by atoms with E-state index < -0.39 is 0 Å². The van der Waals surface area contributed by atoms with E-state index in [2.05, 4.69) is 15.2 Å². The van der Waals surface area contributed by atoms with Crippen LogP contribution in [0.5, 0.6) is 0 Å². The number of amides is 1. The fourth-order valence-electron chi connectivity index (χ4n) is 3.45. The molecule has 2 saturated heterocycles. The second-order valence-electron chi connectivity index (χ2n) is 6.40. The van der Waals surface area contributed by atoms with Gasteiger partial charge in [-0.3, -0.25) is 9.78 Å². The first-order chi connectivity index (χ1) is 10.8. The summed E-state index contributed by atoms with van der Waals surface area (Å²) in [6.45, 7) is 6.01. The number of rotatable bonds is 5. The van der Waals surface area contributed by atoms with E-state index in [9.17, 15) is 4.79 Å². The SMILES string of the molecule is O=C(CNc1cncs1)N1CCC(CN2CCCCC2)CC1. The summed E-state index contributed by atoms with van der Waals surface area (Å²) < 4.78 is 0. The molecule has 3 heterocycles. The van der Waals surface area contributed by atoms with Crippen molar-refractivity contribution in [2.45, 2.75) is 32.1 Å². The monoisotopic (exact) mass is 322 g/mol. The van der Waals surface area contributed by atoms with Crippen molar-refractivity contribution in [1.82, 2.24) is 14.8 Å². The number of anilines is 1. The van der Waals surface area contributed by atoms with Gasteiger partial charge < -0.3 is 15.1 Å². The Morgan fingerprint density at radius 1 is 1.23 bits per heavy atom. The molecule has 0 aromatic carbocycles. The van der Waals surface area contributed by atoms with Gasteiger partial charge in [0.2, 0.25) is 5.91 Å². The van der Waals surface area contributed by atoms with E-state index in [1.807, 2.05) is 4.90 Å². The highest BCUT2D eigenvalue weighted by molar-refractivity contribution is 7.13. The minimum atomic E-state index is 0.213. The van der Waals surface area contributed by atoms with Crippen LogP contribution in [0.4, 0.5) is 5.00 Å². The third-order valence-electron chi connectivity index (χ3n) is 4.78. The lowest BCUT2D eigenvalue weighted by Crippen LogP contribution is -2.44. The van der Waals surface area contributed by atoms with Crippen molar-refractivity contribution >= 4 is 22.2 Å². The first-order valence-corrected chi connectivity index (χ1v) is 9.32. The van der Waals surface area contributed by atoms with Crippen molar-refractivity contribution in [1.29, 1.82) is 0 Å². The summed E-state index contributed by atoms with van der Waals surface area (Å²) in [7, 11) is 0. The van der Waals surface area contributed by atoms with Crippen LogP contribution in [0.2, 0.25) is 0 Å². The van der Waals surface area contributed by atoms with Crippen molar-refractivity contribution < 1.29 is 4.79 Å². The fourth-order valence-corrected chi connectivity index (χ4v) is 3.96. The Morgan fingerprint density at radius 2 is 2.00 bits per heavy atom. The predicted octanol–water partition coefficient (Wildman–Crippen LogP) is 2.28. The van der Waals surface area contributed by atoms with Crippen molar-refractivity contribution in [3.05, 3.63) is 11.7 Å². The van der Waals surface area contributed by atoms with Gasteiger partial charge in [-0.05, 0) is 44.7 Å². The Balaban J connectivity index is 1.36. The van der Waals surface area contributed by atoms with E-state index in [-0.39, 0.29) is 5.91 Å². The zero-order valence-corrected chi connectivity index (χ0v) is 14.0. The minimum Gasteiger partial charge on any atom is -0.367 e. The first-order valence-electron chi connectivity index (χ1n) is 8.44. The van der Waals surface area contributed by atoms with Crippen molar-refractivity contribution in [3.63, 3.8) is 0 Å². The Bertz CT molecular complexity index is 451. The van der Waals surface area contributed by atoms with E-state index in [0.29, 0.717) is 6.54 Å². The second kappa shape index (κ2) is 7.92. The fraction of sp³-hybridized carbons (Fsp3) is 0.750. The summed E-state index contributed by atoms with van der Waals surface area (Å²) in [6, 6.07) is 0. The van der Waals surface area contributed by atoms with Crippen LogP contribution in [0.1, 0.15) is 32.1 Å². The lowest BCUT2D eigenvalue weighted by molar-refractivity contribution is -0.130. The zero-order chi connectivity index (χ0) is 15.2. The van der Waals surface area contributed by atoms with Crippen LogP contribution in [0.25, 0.3) is 0 Å². The van der Waals surface area contributed by atoms with Crippen LogP contribution in [-0.2, 0) is 4.79 Å². The molecule has 0 radical (unpaired) electrons.